The molecule has 0 spiro atoms. The summed E-state index contributed by atoms with van der Waals surface area (Å²) < 4.78 is 25.1. The number of hydrogen-bond donors (Lipinski definition) is 0. The van der Waals surface area contributed by atoms with Gasteiger partial charge in [0, 0.05) is 19.5 Å². The molecule has 0 aromatic heterocycles. The van der Waals surface area contributed by atoms with E-state index in [9.17, 15) is 18.0 Å². The average molecular weight is 382 g/mol. The molecule has 140 valence electrons. The van der Waals surface area contributed by atoms with E-state index in [4.69, 9.17) is 0 Å². The van der Waals surface area contributed by atoms with Gasteiger partial charge in [-0.1, -0.05) is 13.3 Å². The summed E-state index contributed by atoms with van der Waals surface area (Å²) in [6.07, 6.45) is 3.41. The lowest BCUT2D eigenvalue weighted by Gasteiger charge is -2.28. The Morgan fingerprint density at radius 2 is 1.96 bits per heavy atom. The Morgan fingerprint density at radius 3 is 2.46 bits per heavy atom. The summed E-state index contributed by atoms with van der Waals surface area (Å²) in [5.74, 6) is -0.726. The second kappa shape index (κ2) is 8.01. The van der Waals surface area contributed by atoms with Gasteiger partial charge in [-0.3, -0.25) is 9.59 Å². The van der Waals surface area contributed by atoms with Crippen LogP contribution in [0.3, 0.4) is 0 Å². The van der Waals surface area contributed by atoms with Gasteiger partial charge in [-0.25, -0.2) is 12.7 Å². The molecule has 0 aliphatic carbocycles. The fourth-order valence-electron chi connectivity index (χ4n) is 3.78. The summed E-state index contributed by atoms with van der Waals surface area (Å²) in [6.45, 7) is 3.15. The molecule has 3 atom stereocenters. The molecule has 0 N–H and O–H groups in total. The fraction of sp³-hybridized carbons (Fsp3) is 0.867. The molecule has 2 aliphatic rings. The van der Waals surface area contributed by atoms with Gasteiger partial charge in [-0.15, -0.1) is 12.4 Å². The number of sulfonamides is 1. The number of hydrogen-bond acceptors (Lipinski definition) is 5. The molecular formula is C15H28ClN3O4S. The van der Waals surface area contributed by atoms with Crippen LogP contribution < -0.4 is 0 Å². The smallest absolute Gasteiger partial charge is 0.241 e. The number of amides is 2. The van der Waals surface area contributed by atoms with Crippen LogP contribution in [0.15, 0.2) is 0 Å². The van der Waals surface area contributed by atoms with Gasteiger partial charge in [0.2, 0.25) is 21.8 Å². The predicted octanol–water partition coefficient (Wildman–Crippen LogP) is 0.548. The number of nitrogens with zero attached hydrogens (tertiary/aromatic N) is 3. The van der Waals surface area contributed by atoms with E-state index in [1.54, 1.807) is 4.90 Å². The normalized spacial score (nSPS) is 26.7. The zero-order valence-corrected chi connectivity index (χ0v) is 16.4. The molecule has 0 saturated carbocycles. The van der Waals surface area contributed by atoms with Crippen LogP contribution in [0.25, 0.3) is 0 Å². The van der Waals surface area contributed by atoms with Crippen molar-refractivity contribution in [2.45, 2.75) is 44.7 Å². The van der Waals surface area contributed by atoms with E-state index in [1.165, 1.54) is 0 Å². The monoisotopic (exact) mass is 381 g/mol. The lowest BCUT2D eigenvalue weighted by Crippen LogP contribution is -2.43. The first-order valence-corrected chi connectivity index (χ1v) is 10.0. The van der Waals surface area contributed by atoms with E-state index in [2.05, 4.69) is 0 Å². The highest BCUT2D eigenvalue weighted by atomic mass is 35.5. The maximum Gasteiger partial charge on any atom is 0.241 e. The highest BCUT2D eigenvalue weighted by molar-refractivity contribution is 7.88. The van der Waals surface area contributed by atoms with Crippen molar-refractivity contribution in [3.8, 4) is 0 Å². The van der Waals surface area contributed by atoms with Gasteiger partial charge in [0.15, 0.2) is 0 Å². The summed E-state index contributed by atoms with van der Waals surface area (Å²) in [5, 5.41) is 0. The van der Waals surface area contributed by atoms with Crippen molar-refractivity contribution in [1.82, 2.24) is 14.1 Å². The maximum absolute atomic E-state index is 12.6. The number of carbonyl (C=O) groups is 2. The Hall–Kier alpha value is -0.860. The molecule has 2 saturated heterocycles. The van der Waals surface area contributed by atoms with E-state index in [1.807, 2.05) is 25.9 Å². The molecule has 2 fully saturated rings. The largest absolute Gasteiger partial charge is 0.337 e. The quantitative estimate of drug-likeness (QED) is 0.671. The minimum Gasteiger partial charge on any atom is -0.337 e. The van der Waals surface area contributed by atoms with Crippen LogP contribution in [-0.4, -0.2) is 79.9 Å². The molecule has 9 heteroatoms. The third-order valence-electron chi connectivity index (χ3n) is 4.72. The summed E-state index contributed by atoms with van der Waals surface area (Å²) in [4.78, 5) is 28.8. The fourth-order valence-corrected chi connectivity index (χ4v) is 4.97. The SMILES string of the molecule is CCC[C@H]1C(=O)N(S(C)(=O)=O)[C@H]2CCN(C(=O)CCN(C)C)[C@H]12.Cl. The second-order valence-corrected chi connectivity index (χ2v) is 8.64. The Bertz CT molecular complexity index is 581. The molecule has 2 rings (SSSR count). The zero-order chi connectivity index (χ0) is 17.4. The molecule has 2 aliphatic heterocycles. The molecular weight excluding hydrogens is 354 g/mol. The summed E-state index contributed by atoms with van der Waals surface area (Å²) in [5.41, 5.74) is 0. The summed E-state index contributed by atoms with van der Waals surface area (Å²) in [7, 11) is 0.220. The van der Waals surface area contributed by atoms with Crippen LogP contribution in [0, 0.1) is 5.92 Å². The number of carbonyl (C=O) groups excluding carboxylic acids is 2. The minimum absolute atomic E-state index is 0. The van der Waals surface area contributed by atoms with Crippen molar-refractivity contribution < 1.29 is 18.0 Å². The zero-order valence-electron chi connectivity index (χ0n) is 14.8. The van der Waals surface area contributed by atoms with Crippen molar-refractivity contribution in [2.75, 3.05) is 33.4 Å². The number of likely N-dealkylation sites (tertiary alicyclic amines) is 1. The predicted molar refractivity (Wildman–Crippen MR) is 94.4 cm³/mol. The van der Waals surface area contributed by atoms with Crippen LogP contribution in [0.4, 0.5) is 0 Å². The molecule has 7 nitrogen and oxygen atoms in total. The number of fused-ring (bicyclic) bond motifs is 1. The first kappa shape index (κ1) is 21.2. The van der Waals surface area contributed by atoms with Gasteiger partial charge in [0.25, 0.3) is 0 Å². The first-order valence-electron chi connectivity index (χ1n) is 8.16. The Kier molecular flexibility index (Phi) is 7.07. The minimum atomic E-state index is -3.59. The van der Waals surface area contributed by atoms with Gasteiger partial charge >= 0.3 is 0 Å². The molecule has 0 aromatic carbocycles. The Morgan fingerprint density at radius 1 is 1.33 bits per heavy atom. The molecule has 2 heterocycles. The highest BCUT2D eigenvalue weighted by Gasteiger charge is 2.56. The summed E-state index contributed by atoms with van der Waals surface area (Å²) in [6, 6.07) is -0.691. The van der Waals surface area contributed by atoms with E-state index in [-0.39, 0.29) is 30.3 Å². The van der Waals surface area contributed by atoms with Crippen LogP contribution in [0.1, 0.15) is 32.6 Å². The van der Waals surface area contributed by atoms with Crippen molar-refractivity contribution in [2.24, 2.45) is 5.92 Å². The van der Waals surface area contributed by atoms with Gasteiger partial charge in [0.1, 0.15) is 0 Å². The Balaban J connectivity index is 0.00000288. The van der Waals surface area contributed by atoms with Crippen LogP contribution in [0.2, 0.25) is 0 Å². The average Bonchev–Trinajstić information content (AvgIpc) is 2.95. The van der Waals surface area contributed by atoms with Crippen LogP contribution in [-0.2, 0) is 19.6 Å². The van der Waals surface area contributed by atoms with Gasteiger partial charge in [0.05, 0.1) is 24.3 Å². The van der Waals surface area contributed by atoms with Crippen molar-refractivity contribution in [3.05, 3.63) is 0 Å². The van der Waals surface area contributed by atoms with Gasteiger partial charge in [-0.05, 0) is 26.9 Å². The van der Waals surface area contributed by atoms with Crippen molar-refractivity contribution in [3.63, 3.8) is 0 Å². The third-order valence-corrected chi connectivity index (χ3v) is 5.88. The number of rotatable bonds is 6. The van der Waals surface area contributed by atoms with Crippen LogP contribution >= 0.6 is 12.4 Å². The lowest BCUT2D eigenvalue weighted by atomic mass is 9.94. The molecule has 24 heavy (non-hydrogen) atoms. The lowest BCUT2D eigenvalue weighted by molar-refractivity contribution is -0.134. The molecule has 0 bridgehead atoms. The molecule has 2 amide bonds. The first-order chi connectivity index (χ1) is 10.7. The van der Waals surface area contributed by atoms with E-state index < -0.39 is 22.0 Å². The van der Waals surface area contributed by atoms with E-state index >= 15 is 0 Å². The third kappa shape index (κ3) is 4.03. The highest BCUT2D eigenvalue weighted by Crippen LogP contribution is 2.40. The Labute approximate surface area is 150 Å². The van der Waals surface area contributed by atoms with Crippen molar-refractivity contribution in [1.29, 1.82) is 0 Å². The van der Waals surface area contributed by atoms with E-state index in [0.29, 0.717) is 32.4 Å². The number of halogens is 1. The van der Waals surface area contributed by atoms with E-state index in [0.717, 1.165) is 17.0 Å². The van der Waals surface area contributed by atoms with Gasteiger partial charge < -0.3 is 9.80 Å². The molecule has 0 aromatic rings. The van der Waals surface area contributed by atoms with Gasteiger partial charge in [-0.2, -0.15) is 0 Å². The molecule has 0 unspecified atom stereocenters. The summed E-state index contributed by atoms with van der Waals surface area (Å²) >= 11 is 0. The standard InChI is InChI=1S/C15H27N3O4S.ClH/c1-5-6-11-14-12(18(15(11)20)23(4,21)22)7-10-17(14)13(19)8-9-16(2)3;/h11-12,14H,5-10H2,1-4H3;1H/t11-,12+,14-;/m1./s1. The van der Waals surface area contributed by atoms with Crippen molar-refractivity contribution >= 4 is 34.2 Å². The second-order valence-electron chi connectivity index (χ2n) is 6.78. The maximum atomic E-state index is 12.6. The van der Waals surface area contributed by atoms with Crippen LogP contribution in [0.5, 0.6) is 0 Å². The molecule has 0 radical (unpaired) electrons. The topological polar surface area (TPSA) is 78.0 Å².